The lowest BCUT2D eigenvalue weighted by Crippen LogP contribution is -2.25. The summed E-state index contributed by atoms with van der Waals surface area (Å²) in [6.45, 7) is 0. The van der Waals surface area contributed by atoms with Gasteiger partial charge in [-0.1, -0.05) is 17.6 Å². The quantitative estimate of drug-likeness (QED) is 0.529. The summed E-state index contributed by atoms with van der Waals surface area (Å²) >= 11 is 1.26. The van der Waals surface area contributed by atoms with Crippen LogP contribution in [-0.2, 0) is 4.79 Å². The van der Waals surface area contributed by atoms with Crippen molar-refractivity contribution in [1.29, 1.82) is 0 Å². The molecule has 1 aliphatic carbocycles. The molecule has 56 valence electrons. The van der Waals surface area contributed by atoms with Gasteiger partial charge < -0.3 is 5.32 Å². The highest BCUT2D eigenvalue weighted by Gasteiger charge is 2.25. The Balaban J connectivity index is 2.37. The second-order valence-electron chi connectivity index (χ2n) is 3.23. The predicted octanol–water partition coefficient (Wildman–Crippen LogP) is -0.0459. The van der Waals surface area contributed by atoms with E-state index < -0.39 is 0 Å². The third-order valence-corrected chi connectivity index (χ3v) is 3.36. The van der Waals surface area contributed by atoms with Crippen LogP contribution in [-0.4, -0.2) is 29.2 Å². The topological polar surface area (TPSA) is 29.1 Å². The van der Waals surface area contributed by atoms with E-state index in [1.54, 1.807) is 7.05 Å². The molecule has 1 N–H and O–H groups in total. The number of nitrogens with one attached hydrogen (secondary N) is 1. The summed E-state index contributed by atoms with van der Waals surface area (Å²) in [5.74, 6) is 0.589. The molecule has 0 aliphatic heterocycles. The highest BCUT2D eigenvalue weighted by atomic mass is 27.0. The normalized spacial score (nSPS) is 32.1. The predicted molar refractivity (Wildman–Crippen MR) is 43.7 cm³/mol. The minimum absolute atomic E-state index is 0.248. The van der Waals surface area contributed by atoms with Crippen molar-refractivity contribution in [2.75, 3.05) is 7.05 Å². The number of amides is 1. The monoisotopic (exact) mass is 155 g/mol. The van der Waals surface area contributed by atoms with Crippen LogP contribution in [0, 0.1) is 5.92 Å². The lowest BCUT2D eigenvalue weighted by atomic mass is 10.1. The van der Waals surface area contributed by atoms with E-state index in [1.165, 1.54) is 22.7 Å². The molecule has 0 saturated heterocycles. The van der Waals surface area contributed by atoms with Crippen LogP contribution in [0.2, 0.25) is 4.78 Å². The molecule has 0 aromatic rings. The Hall–Kier alpha value is 0.00247. The van der Waals surface area contributed by atoms with E-state index in [2.05, 4.69) is 5.32 Å². The van der Waals surface area contributed by atoms with Crippen LogP contribution in [0.5, 0.6) is 0 Å². The largest absolute Gasteiger partial charge is 0.359 e. The van der Waals surface area contributed by atoms with Crippen LogP contribution in [0.15, 0.2) is 0 Å². The summed E-state index contributed by atoms with van der Waals surface area (Å²) in [7, 11) is 1.72. The Morgan fingerprint density at radius 1 is 1.60 bits per heavy atom. The van der Waals surface area contributed by atoms with Crippen molar-refractivity contribution < 1.29 is 4.79 Å². The van der Waals surface area contributed by atoms with Crippen LogP contribution in [0.1, 0.15) is 19.3 Å². The van der Waals surface area contributed by atoms with Gasteiger partial charge in [0.15, 0.2) is 0 Å². The Kier molecular flexibility index (Phi) is 2.76. The lowest BCUT2D eigenvalue weighted by Gasteiger charge is -2.05. The van der Waals surface area contributed by atoms with Crippen molar-refractivity contribution in [1.82, 2.24) is 5.32 Å². The fourth-order valence-corrected chi connectivity index (χ4v) is 2.55. The molecule has 1 amide bonds. The summed E-state index contributed by atoms with van der Waals surface area (Å²) in [5.41, 5.74) is 0. The number of rotatable bonds is 1. The van der Waals surface area contributed by atoms with Gasteiger partial charge in [-0.15, -0.1) is 0 Å². The van der Waals surface area contributed by atoms with Crippen molar-refractivity contribution in [2.45, 2.75) is 24.0 Å². The summed E-state index contributed by atoms with van der Waals surface area (Å²) in [6, 6.07) is 0. The second kappa shape index (κ2) is 3.41. The first-order valence-electron chi connectivity index (χ1n) is 3.95. The molecule has 1 aliphatic rings. The van der Waals surface area contributed by atoms with Gasteiger partial charge in [-0.25, -0.2) is 0 Å². The van der Waals surface area contributed by atoms with E-state index in [9.17, 15) is 4.79 Å². The van der Waals surface area contributed by atoms with E-state index in [1.807, 2.05) is 0 Å². The Morgan fingerprint density at radius 2 is 2.30 bits per heavy atom. The maximum atomic E-state index is 11.1. The van der Waals surface area contributed by atoms with Crippen LogP contribution >= 0.6 is 0 Å². The highest BCUT2D eigenvalue weighted by Crippen LogP contribution is 2.32. The summed E-state index contributed by atoms with van der Waals surface area (Å²) in [6.07, 6.45) is 3.55. The molecule has 0 aromatic heterocycles. The van der Waals surface area contributed by atoms with Crippen molar-refractivity contribution in [2.24, 2.45) is 5.92 Å². The number of carbonyl (C=O) groups is 1. The third kappa shape index (κ3) is 1.74. The average molecular weight is 155 g/mol. The van der Waals surface area contributed by atoms with E-state index in [0.717, 1.165) is 17.6 Å². The van der Waals surface area contributed by atoms with Crippen molar-refractivity contribution in [3.05, 3.63) is 0 Å². The molecule has 0 bridgehead atoms. The molecule has 1 saturated carbocycles. The van der Waals surface area contributed by atoms with E-state index in [4.69, 9.17) is 0 Å². The Labute approximate surface area is 69.8 Å². The molecule has 0 spiro atoms. The van der Waals surface area contributed by atoms with Gasteiger partial charge in [0.1, 0.15) is 0 Å². The van der Waals surface area contributed by atoms with E-state index in [-0.39, 0.29) is 5.91 Å². The molecule has 0 heterocycles. The minimum atomic E-state index is 0.248. The van der Waals surface area contributed by atoms with Crippen molar-refractivity contribution >= 4 is 22.2 Å². The van der Waals surface area contributed by atoms with Crippen molar-refractivity contribution in [3.8, 4) is 0 Å². The summed E-state index contributed by atoms with van der Waals surface area (Å²) in [4.78, 5) is 11.1. The van der Waals surface area contributed by atoms with E-state index in [0.29, 0.717) is 5.92 Å². The number of carbonyl (C=O) groups excluding carboxylic acids is 1. The van der Waals surface area contributed by atoms with Gasteiger partial charge in [0.2, 0.25) is 22.2 Å². The summed E-state index contributed by atoms with van der Waals surface area (Å²) in [5, 5.41) is 2.70. The fraction of sp³-hybridized carbons (Fsp3) is 0.857. The molecule has 2 atom stereocenters. The smallest absolute Gasteiger partial charge is 0.222 e. The first kappa shape index (κ1) is 8.10. The molecular weight excluding hydrogens is 141 g/mol. The molecule has 10 heavy (non-hydrogen) atoms. The third-order valence-electron chi connectivity index (χ3n) is 2.31. The highest BCUT2D eigenvalue weighted by molar-refractivity contribution is 6.12. The van der Waals surface area contributed by atoms with Gasteiger partial charge in [-0.2, -0.15) is 0 Å². The molecule has 1 fully saturated rings. The zero-order valence-corrected chi connectivity index (χ0v) is 8.68. The SMILES string of the molecule is CNC(=O)C1CC[CH]([AlH2])C1. The van der Waals surface area contributed by atoms with E-state index >= 15 is 0 Å². The number of hydrogen-bond acceptors (Lipinski definition) is 1. The average Bonchev–Trinajstić information content (AvgIpc) is 2.34. The molecule has 0 radical (unpaired) electrons. The van der Waals surface area contributed by atoms with Gasteiger partial charge in [0, 0.05) is 13.0 Å². The zero-order valence-electron chi connectivity index (χ0n) is 6.68. The zero-order chi connectivity index (χ0) is 7.56. The van der Waals surface area contributed by atoms with Crippen molar-refractivity contribution in [3.63, 3.8) is 0 Å². The summed E-state index contributed by atoms with van der Waals surface area (Å²) < 4.78 is 0.891. The maximum Gasteiger partial charge on any atom is 0.222 e. The van der Waals surface area contributed by atoms with Gasteiger partial charge in [0.05, 0.1) is 0 Å². The van der Waals surface area contributed by atoms with Crippen LogP contribution in [0.3, 0.4) is 0 Å². The van der Waals surface area contributed by atoms with Crippen LogP contribution in [0.25, 0.3) is 0 Å². The molecular formula is C7H14AlNO. The van der Waals surface area contributed by atoms with Gasteiger partial charge in [0.25, 0.3) is 0 Å². The number of hydrogen-bond donors (Lipinski definition) is 1. The molecule has 2 unspecified atom stereocenters. The van der Waals surface area contributed by atoms with Gasteiger partial charge in [-0.3, -0.25) is 4.79 Å². The maximum absolute atomic E-state index is 11.1. The Morgan fingerprint density at radius 3 is 2.70 bits per heavy atom. The molecule has 2 nitrogen and oxygen atoms in total. The first-order valence-corrected chi connectivity index (χ1v) is 5.11. The van der Waals surface area contributed by atoms with Gasteiger partial charge in [-0.05, 0) is 6.42 Å². The minimum Gasteiger partial charge on any atom is -0.359 e. The van der Waals surface area contributed by atoms with Gasteiger partial charge >= 0.3 is 0 Å². The lowest BCUT2D eigenvalue weighted by molar-refractivity contribution is -0.124. The standard InChI is InChI=1S/C7H12NO.Al.2H/c1-8-7(9)6-4-2-3-5-6;;;/h2,6H,3-5H2,1H3,(H,8,9);;;. The molecule has 3 heteroatoms. The molecule has 0 aromatic carbocycles. The fourth-order valence-electron chi connectivity index (χ4n) is 1.65. The molecule has 1 rings (SSSR count). The Bertz CT molecular complexity index is 138. The van der Waals surface area contributed by atoms with Crippen LogP contribution < -0.4 is 5.32 Å². The second-order valence-corrected chi connectivity index (χ2v) is 4.86. The first-order chi connectivity index (χ1) is 4.74. The van der Waals surface area contributed by atoms with Crippen LogP contribution in [0.4, 0.5) is 0 Å².